The van der Waals surface area contributed by atoms with Gasteiger partial charge in [-0.15, -0.1) is 0 Å². The fraction of sp³-hybridized carbons (Fsp3) is 0.389. The first-order chi connectivity index (χ1) is 12.9. The van der Waals surface area contributed by atoms with Gasteiger partial charge in [0, 0.05) is 25.5 Å². The minimum Gasteiger partial charge on any atom is -0.492 e. The zero-order valence-electron chi connectivity index (χ0n) is 15.3. The highest BCUT2D eigenvalue weighted by Gasteiger charge is 2.33. The Balaban J connectivity index is 1.69. The summed E-state index contributed by atoms with van der Waals surface area (Å²) in [5.74, 6) is 0.853. The molecule has 1 aromatic carbocycles. The van der Waals surface area contributed by atoms with Crippen LogP contribution in [0.4, 0.5) is 11.6 Å². The predicted molar refractivity (Wildman–Crippen MR) is 102 cm³/mol. The Hall–Kier alpha value is -2.68. The van der Waals surface area contributed by atoms with Gasteiger partial charge in [0.15, 0.2) is 9.84 Å². The Morgan fingerprint density at radius 1 is 1.30 bits per heavy atom. The average Bonchev–Trinajstić information content (AvgIpc) is 3.03. The number of ether oxygens (including phenoxy) is 1. The molecule has 144 valence electrons. The van der Waals surface area contributed by atoms with Crippen LogP contribution in [0, 0.1) is 0 Å². The summed E-state index contributed by atoms with van der Waals surface area (Å²) in [6, 6.07) is 7.12. The van der Waals surface area contributed by atoms with Gasteiger partial charge in [0.1, 0.15) is 5.75 Å². The Bertz CT molecular complexity index is 915. The standard InChI is InChI=1S/C18H22N4O4S/c1-3-26-16-7-5-4-6-15(16)21-18-19-10-13(11-20-18)17(23)22(2)14-8-9-27(24,25)12-14/h4-7,10-11,14H,3,8-9,12H2,1-2H3,(H,19,20,21). The second kappa shape index (κ2) is 7.91. The summed E-state index contributed by atoms with van der Waals surface area (Å²) in [7, 11) is -1.44. The van der Waals surface area contributed by atoms with Gasteiger partial charge >= 0.3 is 0 Å². The number of nitrogens with zero attached hydrogens (tertiary/aromatic N) is 3. The van der Waals surface area contributed by atoms with Crippen LogP contribution in [0.25, 0.3) is 0 Å². The highest BCUT2D eigenvalue weighted by atomic mass is 32.2. The third kappa shape index (κ3) is 4.54. The van der Waals surface area contributed by atoms with Crippen molar-refractivity contribution in [1.29, 1.82) is 0 Å². The molecule has 27 heavy (non-hydrogen) atoms. The lowest BCUT2D eigenvalue weighted by molar-refractivity contribution is 0.0747. The lowest BCUT2D eigenvalue weighted by Gasteiger charge is -2.23. The molecule has 1 aliphatic heterocycles. The van der Waals surface area contributed by atoms with Crippen LogP contribution in [0.2, 0.25) is 0 Å². The molecule has 0 aliphatic carbocycles. The molecule has 1 atom stereocenters. The summed E-state index contributed by atoms with van der Waals surface area (Å²) >= 11 is 0. The molecule has 1 N–H and O–H groups in total. The molecule has 3 rings (SSSR count). The number of rotatable bonds is 6. The fourth-order valence-electron chi connectivity index (χ4n) is 2.93. The molecule has 9 heteroatoms. The summed E-state index contributed by atoms with van der Waals surface area (Å²) in [6.45, 7) is 2.44. The van der Waals surface area contributed by atoms with Crippen molar-refractivity contribution in [1.82, 2.24) is 14.9 Å². The Kier molecular flexibility index (Phi) is 5.59. The zero-order chi connectivity index (χ0) is 19.4. The highest BCUT2D eigenvalue weighted by Crippen LogP contribution is 2.26. The van der Waals surface area contributed by atoms with Crippen molar-refractivity contribution in [3.63, 3.8) is 0 Å². The molecule has 2 heterocycles. The van der Waals surface area contributed by atoms with Crippen LogP contribution in [0.1, 0.15) is 23.7 Å². The molecule has 0 saturated carbocycles. The van der Waals surface area contributed by atoms with Crippen molar-refractivity contribution in [3.05, 3.63) is 42.2 Å². The molecule has 0 spiro atoms. The van der Waals surface area contributed by atoms with E-state index in [9.17, 15) is 13.2 Å². The molecule has 1 amide bonds. The van der Waals surface area contributed by atoms with Gasteiger partial charge in [0.2, 0.25) is 5.95 Å². The SMILES string of the molecule is CCOc1ccccc1Nc1ncc(C(=O)N(C)C2CCS(=O)(=O)C2)cn1. The summed E-state index contributed by atoms with van der Waals surface area (Å²) < 4.78 is 28.8. The smallest absolute Gasteiger partial charge is 0.257 e. The van der Waals surface area contributed by atoms with E-state index in [1.54, 1.807) is 7.05 Å². The highest BCUT2D eigenvalue weighted by molar-refractivity contribution is 7.91. The summed E-state index contributed by atoms with van der Waals surface area (Å²) in [5, 5.41) is 3.07. The molecule has 1 saturated heterocycles. The van der Waals surface area contributed by atoms with E-state index in [2.05, 4.69) is 15.3 Å². The van der Waals surface area contributed by atoms with Crippen molar-refractivity contribution in [2.45, 2.75) is 19.4 Å². The van der Waals surface area contributed by atoms with Crippen molar-refractivity contribution < 1.29 is 17.9 Å². The van der Waals surface area contributed by atoms with E-state index in [1.165, 1.54) is 17.3 Å². The number of amides is 1. The lowest BCUT2D eigenvalue weighted by atomic mass is 10.2. The maximum atomic E-state index is 12.6. The number of anilines is 2. The number of sulfone groups is 1. The molecular formula is C18H22N4O4S. The first-order valence-corrected chi connectivity index (χ1v) is 10.5. The number of aromatic nitrogens is 2. The first-order valence-electron chi connectivity index (χ1n) is 8.68. The maximum absolute atomic E-state index is 12.6. The molecule has 1 fully saturated rings. The van der Waals surface area contributed by atoms with E-state index in [4.69, 9.17) is 4.74 Å². The first kappa shape index (κ1) is 19.1. The van der Waals surface area contributed by atoms with E-state index in [0.29, 0.717) is 30.3 Å². The third-order valence-electron chi connectivity index (χ3n) is 4.41. The Morgan fingerprint density at radius 3 is 2.63 bits per heavy atom. The third-order valence-corrected chi connectivity index (χ3v) is 6.16. The van der Waals surface area contributed by atoms with Gasteiger partial charge in [0.25, 0.3) is 5.91 Å². The quantitative estimate of drug-likeness (QED) is 0.803. The molecule has 0 bridgehead atoms. The Morgan fingerprint density at radius 2 is 2.00 bits per heavy atom. The van der Waals surface area contributed by atoms with Gasteiger partial charge in [-0.3, -0.25) is 4.79 Å². The fourth-order valence-corrected chi connectivity index (χ4v) is 4.70. The van der Waals surface area contributed by atoms with E-state index in [0.717, 1.165) is 5.69 Å². The van der Waals surface area contributed by atoms with Gasteiger partial charge in [-0.05, 0) is 25.5 Å². The summed E-state index contributed by atoms with van der Waals surface area (Å²) in [5.41, 5.74) is 1.04. The average molecular weight is 390 g/mol. The van der Waals surface area contributed by atoms with Crippen LogP contribution in [-0.4, -0.2) is 60.4 Å². The van der Waals surface area contributed by atoms with Crippen LogP contribution in [0.3, 0.4) is 0 Å². The van der Waals surface area contributed by atoms with Crippen LogP contribution < -0.4 is 10.1 Å². The number of carbonyl (C=O) groups excluding carboxylic acids is 1. The van der Waals surface area contributed by atoms with E-state index >= 15 is 0 Å². The van der Waals surface area contributed by atoms with Gasteiger partial charge < -0.3 is 15.0 Å². The van der Waals surface area contributed by atoms with Gasteiger partial charge in [-0.2, -0.15) is 0 Å². The molecule has 1 aromatic heterocycles. The lowest BCUT2D eigenvalue weighted by Crippen LogP contribution is -2.37. The number of carbonyl (C=O) groups is 1. The largest absolute Gasteiger partial charge is 0.492 e. The molecule has 1 aliphatic rings. The predicted octanol–water partition coefficient (Wildman–Crippen LogP) is 1.88. The molecule has 8 nitrogen and oxygen atoms in total. The summed E-state index contributed by atoms with van der Waals surface area (Å²) in [6.07, 6.45) is 3.32. The number of hydrogen-bond donors (Lipinski definition) is 1. The van der Waals surface area contributed by atoms with E-state index in [-0.39, 0.29) is 23.5 Å². The number of benzene rings is 1. The zero-order valence-corrected chi connectivity index (χ0v) is 16.1. The Labute approximate surface area is 158 Å². The molecular weight excluding hydrogens is 368 g/mol. The van der Waals surface area contributed by atoms with Crippen molar-refractivity contribution in [3.8, 4) is 5.75 Å². The van der Waals surface area contributed by atoms with Gasteiger partial charge in [-0.25, -0.2) is 18.4 Å². The minimum absolute atomic E-state index is 0.00392. The van der Waals surface area contributed by atoms with Gasteiger partial charge in [-0.1, -0.05) is 12.1 Å². The molecule has 2 aromatic rings. The molecule has 0 radical (unpaired) electrons. The monoisotopic (exact) mass is 390 g/mol. The van der Waals surface area contributed by atoms with Crippen molar-refractivity contribution in [2.75, 3.05) is 30.5 Å². The summed E-state index contributed by atoms with van der Waals surface area (Å²) in [4.78, 5) is 22.4. The van der Waals surface area contributed by atoms with Gasteiger partial charge in [0.05, 0.1) is 29.4 Å². The van der Waals surface area contributed by atoms with E-state index < -0.39 is 9.84 Å². The van der Waals surface area contributed by atoms with Crippen LogP contribution in [0.5, 0.6) is 5.75 Å². The maximum Gasteiger partial charge on any atom is 0.257 e. The number of hydrogen-bond acceptors (Lipinski definition) is 7. The minimum atomic E-state index is -3.05. The second-order valence-electron chi connectivity index (χ2n) is 6.32. The normalized spacial score (nSPS) is 18.1. The second-order valence-corrected chi connectivity index (χ2v) is 8.55. The number of nitrogens with one attached hydrogen (secondary N) is 1. The molecule has 1 unspecified atom stereocenters. The van der Waals surface area contributed by atoms with E-state index in [1.807, 2.05) is 31.2 Å². The topological polar surface area (TPSA) is 101 Å². The van der Waals surface area contributed by atoms with Crippen molar-refractivity contribution in [2.24, 2.45) is 0 Å². The van der Waals surface area contributed by atoms with Crippen LogP contribution in [0.15, 0.2) is 36.7 Å². The van der Waals surface area contributed by atoms with Crippen LogP contribution >= 0.6 is 0 Å². The number of para-hydroxylation sites is 2. The van der Waals surface area contributed by atoms with Crippen LogP contribution in [-0.2, 0) is 9.84 Å². The van der Waals surface area contributed by atoms with Crippen molar-refractivity contribution >= 4 is 27.4 Å².